The van der Waals surface area contributed by atoms with E-state index in [2.05, 4.69) is 10.0 Å². The van der Waals surface area contributed by atoms with Gasteiger partial charge in [-0.2, -0.15) is 0 Å². The number of likely N-dealkylation sites (tertiary alicyclic amines) is 1. The number of azide groups is 1. The molecule has 0 N–H and O–H groups in total. The number of benzene rings is 1. The van der Waals surface area contributed by atoms with Gasteiger partial charge in [0.1, 0.15) is 5.78 Å². The highest BCUT2D eigenvalue weighted by atomic mass is 35.5. The summed E-state index contributed by atoms with van der Waals surface area (Å²) in [6, 6.07) is 5.70. The summed E-state index contributed by atoms with van der Waals surface area (Å²) in [5.41, 5.74) is 10.4. The Labute approximate surface area is 322 Å². The molecule has 9 atom stereocenters. The fraction of sp³-hybridized carbons (Fsp3) is 0.750. The number of halogens is 1. The van der Waals surface area contributed by atoms with Gasteiger partial charge in [0.05, 0.1) is 42.7 Å². The molecule has 1 fully saturated rings. The highest BCUT2D eigenvalue weighted by molar-refractivity contribution is 6.30. The topological polar surface area (TPSA) is 145 Å². The van der Waals surface area contributed by atoms with E-state index in [0.717, 1.165) is 24.8 Å². The molecule has 12 nitrogen and oxygen atoms in total. The zero-order chi connectivity index (χ0) is 40.0. The van der Waals surface area contributed by atoms with E-state index in [1.807, 2.05) is 82.8 Å². The zero-order valence-corrected chi connectivity index (χ0v) is 34.7. The number of aryl methyl sites for hydroxylation is 1. The van der Waals surface area contributed by atoms with Crippen molar-refractivity contribution in [3.8, 4) is 0 Å². The Morgan fingerprint density at radius 2 is 1.64 bits per heavy atom. The minimum absolute atomic E-state index is 0.0189. The number of Topliss-reactive ketones (excluding diaryl/α,β-unsaturated/α-hetero) is 2. The molecule has 0 radical (unpaired) electrons. The summed E-state index contributed by atoms with van der Waals surface area (Å²) in [4.78, 5) is 63.7. The highest BCUT2D eigenvalue weighted by Gasteiger charge is 2.43. The van der Waals surface area contributed by atoms with Gasteiger partial charge in [0, 0.05) is 62.5 Å². The van der Waals surface area contributed by atoms with E-state index in [9.17, 15) is 24.7 Å². The lowest BCUT2D eigenvalue weighted by molar-refractivity contribution is -0.148. The Kier molecular flexibility index (Phi) is 19.5. The average molecular weight is 761 g/mol. The molecule has 53 heavy (non-hydrogen) atoms. The second-order valence-electron chi connectivity index (χ2n) is 15.4. The molecule has 1 saturated heterocycles. The van der Waals surface area contributed by atoms with Gasteiger partial charge in [-0.3, -0.25) is 24.1 Å². The number of ketones is 2. The first-order valence-corrected chi connectivity index (χ1v) is 19.5. The molecule has 0 bridgehead atoms. The number of amides is 2. The standard InChI is InChI=1S/C40H65ClN6O6/c1-12-26(4)38(46(9)40(51)31(28(6)43-44-42)23-34(49)37(25(2)3)45(7)8)35(52-10)24-36(50)47-22-14-16-32(47)39(53-11)27(5)33(48)17-13-15-29-18-20-30(41)21-19-29/h18-21,25-28,31-32,35,37-39H,12-17,22-24H2,1-11H3/t26-,27-,28-,31+,32-,35+,37-,38-,39+/m0/s1. The van der Waals surface area contributed by atoms with E-state index in [1.54, 1.807) is 33.1 Å². The molecule has 0 aromatic heterocycles. The van der Waals surface area contributed by atoms with Gasteiger partial charge >= 0.3 is 0 Å². The van der Waals surface area contributed by atoms with Crippen molar-refractivity contribution in [2.24, 2.45) is 28.8 Å². The summed E-state index contributed by atoms with van der Waals surface area (Å²) >= 11 is 6.01. The molecule has 1 aromatic carbocycles. The molecule has 0 spiro atoms. The fourth-order valence-electron chi connectivity index (χ4n) is 8.17. The van der Waals surface area contributed by atoms with Gasteiger partial charge in [-0.25, -0.2) is 0 Å². The number of hydrogen-bond acceptors (Lipinski definition) is 8. The van der Waals surface area contributed by atoms with E-state index in [0.29, 0.717) is 30.8 Å². The van der Waals surface area contributed by atoms with Crippen molar-refractivity contribution < 1.29 is 28.7 Å². The molecule has 2 rings (SSSR count). The Hall–Kier alpha value is -3.02. The van der Waals surface area contributed by atoms with Crippen LogP contribution in [0.4, 0.5) is 0 Å². The first kappa shape index (κ1) is 46.1. The Morgan fingerprint density at radius 3 is 2.17 bits per heavy atom. The number of methoxy groups -OCH3 is 2. The zero-order valence-electron chi connectivity index (χ0n) is 34.0. The molecular formula is C40H65ClN6O6. The maximum absolute atomic E-state index is 14.3. The molecule has 1 aliphatic heterocycles. The summed E-state index contributed by atoms with van der Waals surface area (Å²) in [6.07, 6.45) is 2.91. The summed E-state index contributed by atoms with van der Waals surface area (Å²) in [5, 5.41) is 4.53. The predicted molar refractivity (Wildman–Crippen MR) is 210 cm³/mol. The second kappa shape index (κ2) is 22.4. The smallest absolute Gasteiger partial charge is 0.226 e. The molecule has 298 valence electrons. The third kappa shape index (κ3) is 12.8. The normalized spacial score (nSPS) is 19.1. The molecule has 1 aromatic rings. The van der Waals surface area contributed by atoms with Gasteiger partial charge in [0.2, 0.25) is 11.8 Å². The molecule has 13 heteroatoms. The third-order valence-electron chi connectivity index (χ3n) is 11.2. The molecule has 0 unspecified atom stereocenters. The van der Waals surface area contributed by atoms with Crippen LogP contribution in [0.5, 0.6) is 0 Å². The number of carbonyl (C=O) groups is 4. The van der Waals surface area contributed by atoms with Crippen LogP contribution in [0.1, 0.15) is 92.1 Å². The third-order valence-corrected chi connectivity index (χ3v) is 11.5. The van der Waals surface area contributed by atoms with E-state index in [1.165, 1.54) is 0 Å². The van der Waals surface area contributed by atoms with Crippen LogP contribution in [0, 0.1) is 23.7 Å². The van der Waals surface area contributed by atoms with Gasteiger partial charge in [-0.15, -0.1) is 0 Å². The van der Waals surface area contributed by atoms with Crippen LogP contribution in [-0.2, 0) is 35.1 Å². The lowest BCUT2D eigenvalue weighted by Gasteiger charge is -2.41. The lowest BCUT2D eigenvalue weighted by Crippen LogP contribution is -2.54. The lowest BCUT2D eigenvalue weighted by atomic mass is 9.85. The van der Waals surface area contributed by atoms with E-state index in [-0.39, 0.29) is 54.1 Å². The summed E-state index contributed by atoms with van der Waals surface area (Å²) in [5.74, 6) is -1.80. The molecule has 1 aliphatic rings. The van der Waals surface area contributed by atoms with Gasteiger partial charge in [0.25, 0.3) is 0 Å². The number of rotatable bonds is 23. The van der Waals surface area contributed by atoms with E-state index < -0.39 is 42.2 Å². The van der Waals surface area contributed by atoms with E-state index >= 15 is 0 Å². The average Bonchev–Trinajstić information content (AvgIpc) is 3.60. The van der Waals surface area contributed by atoms with Crippen LogP contribution in [0.3, 0.4) is 0 Å². The van der Waals surface area contributed by atoms with Crippen molar-refractivity contribution in [3.05, 3.63) is 45.3 Å². The maximum Gasteiger partial charge on any atom is 0.226 e. The van der Waals surface area contributed by atoms with Gasteiger partial charge in [-0.1, -0.05) is 76.8 Å². The van der Waals surface area contributed by atoms with Gasteiger partial charge in [-0.05, 0) is 74.8 Å². The molecular weight excluding hydrogens is 696 g/mol. The Morgan fingerprint density at radius 1 is 1.00 bits per heavy atom. The molecule has 0 aliphatic carbocycles. The monoisotopic (exact) mass is 760 g/mol. The van der Waals surface area contributed by atoms with Crippen LogP contribution in [0.15, 0.2) is 29.4 Å². The molecule has 2 amide bonds. The maximum atomic E-state index is 14.3. The first-order valence-electron chi connectivity index (χ1n) is 19.2. The van der Waals surface area contributed by atoms with Crippen molar-refractivity contribution in [2.75, 3.05) is 41.9 Å². The first-order chi connectivity index (χ1) is 25.0. The van der Waals surface area contributed by atoms with Crippen LogP contribution in [-0.4, -0.2) is 116 Å². The van der Waals surface area contributed by atoms with Gasteiger partial charge in [0.15, 0.2) is 5.78 Å². The Balaban J connectivity index is 2.26. The molecule has 0 saturated carbocycles. The van der Waals surface area contributed by atoms with Crippen LogP contribution in [0.2, 0.25) is 5.02 Å². The number of carbonyl (C=O) groups excluding carboxylic acids is 4. The second-order valence-corrected chi connectivity index (χ2v) is 15.8. The van der Waals surface area contributed by atoms with Gasteiger partial charge < -0.3 is 19.3 Å². The quantitative estimate of drug-likeness (QED) is 0.0663. The largest absolute Gasteiger partial charge is 0.379 e. The summed E-state index contributed by atoms with van der Waals surface area (Å²) < 4.78 is 12.0. The van der Waals surface area contributed by atoms with Crippen LogP contribution in [0.25, 0.3) is 10.4 Å². The van der Waals surface area contributed by atoms with Crippen molar-refractivity contribution >= 4 is 35.0 Å². The predicted octanol–water partition coefficient (Wildman–Crippen LogP) is 7.01. The van der Waals surface area contributed by atoms with Crippen LogP contribution < -0.4 is 0 Å². The van der Waals surface area contributed by atoms with E-state index in [4.69, 9.17) is 21.1 Å². The minimum Gasteiger partial charge on any atom is -0.379 e. The number of nitrogens with zero attached hydrogens (tertiary/aromatic N) is 6. The van der Waals surface area contributed by atoms with Crippen molar-refractivity contribution in [1.29, 1.82) is 0 Å². The van der Waals surface area contributed by atoms with Crippen molar-refractivity contribution in [2.45, 2.75) is 129 Å². The summed E-state index contributed by atoms with van der Waals surface area (Å²) in [7, 11) is 8.50. The van der Waals surface area contributed by atoms with Crippen molar-refractivity contribution in [1.82, 2.24) is 14.7 Å². The number of hydrogen-bond donors (Lipinski definition) is 0. The van der Waals surface area contributed by atoms with Crippen LogP contribution >= 0.6 is 11.6 Å². The van der Waals surface area contributed by atoms with Crippen molar-refractivity contribution in [3.63, 3.8) is 0 Å². The Bertz CT molecular complexity index is 1380. The number of ether oxygens (including phenoxy) is 2. The molecule has 1 heterocycles. The fourth-order valence-corrected chi connectivity index (χ4v) is 8.29. The number of likely N-dealkylation sites (N-methyl/N-ethyl adjacent to an activating group) is 2. The highest BCUT2D eigenvalue weighted by Crippen LogP contribution is 2.31. The minimum atomic E-state index is -0.889. The summed E-state index contributed by atoms with van der Waals surface area (Å²) in [6.45, 7) is 12.0. The SMILES string of the molecule is CC[C@H](C)[C@@H]([C@@H](CC(=O)N1CCC[C@H]1[C@H](OC)[C@@H](C)C(=O)CCCc1ccc(Cl)cc1)OC)N(C)C(=O)[C@H](CC(=O)[C@H](C(C)C)N(C)C)[C@H](C)N=[N+]=[N-].